The molecule has 0 atom stereocenters. The normalized spacial score (nSPS) is 10.4. The standard InChI is InChI=1S/C16H27N3O4/c1-4-6-8-10-19(16(21)17-9-7-5-2)11-14-18-13(12-23-14)15(20)22-3/h12H,4-11H2,1-3H3,(H,17,21). The molecule has 1 N–H and O–H groups in total. The third-order valence-corrected chi connectivity index (χ3v) is 3.40. The molecule has 0 aliphatic rings. The van der Waals surface area contributed by atoms with Gasteiger partial charge >= 0.3 is 12.0 Å². The number of rotatable bonds is 10. The lowest BCUT2D eigenvalue weighted by Gasteiger charge is -2.21. The average molecular weight is 325 g/mol. The SMILES string of the molecule is CCCCCN(Cc1nc(C(=O)OC)co1)C(=O)NCCCC. The number of esters is 1. The summed E-state index contributed by atoms with van der Waals surface area (Å²) in [6.45, 7) is 5.70. The van der Waals surface area contributed by atoms with E-state index in [0.29, 0.717) is 19.0 Å². The number of oxazole rings is 1. The summed E-state index contributed by atoms with van der Waals surface area (Å²) in [4.78, 5) is 29.4. The van der Waals surface area contributed by atoms with E-state index in [0.717, 1.165) is 32.1 Å². The van der Waals surface area contributed by atoms with E-state index in [1.165, 1.54) is 13.4 Å². The molecular weight excluding hydrogens is 298 g/mol. The maximum atomic E-state index is 12.3. The van der Waals surface area contributed by atoms with Gasteiger partial charge in [-0.05, 0) is 12.8 Å². The minimum atomic E-state index is -0.551. The molecule has 0 radical (unpaired) electrons. The zero-order chi connectivity index (χ0) is 17.1. The topological polar surface area (TPSA) is 84.7 Å². The highest BCUT2D eigenvalue weighted by atomic mass is 16.5. The van der Waals surface area contributed by atoms with Crippen molar-refractivity contribution >= 4 is 12.0 Å². The maximum Gasteiger partial charge on any atom is 0.360 e. The van der Waals surface area contributed by atoms with Gasteiger partial charge in [0, 0.05) is 13.1 Å². The number of nitrogens with one attached hydrogen (secondary N) is 1. The molecule has 0 aliphatic carbocycles. The summed E-state index contributed by atoms with van der Waals surface area (Å²) in [5.74, 6) is -0.225. The summed E-state index contributed by atoms with van der Waals surface area (Å²) >= 11 is 0. The van der Waals surface area contributed by atoms with Crippen molar-refractivity contribution in [3.05, 3.63) is 17.8 Å². The summed E-state index contributed by atoms with van der Waals surface area (Å²) in [5, 5.41) is 2.90. The molecule has 1 aromatic heterocycles. The van der Waals surface area contributed by atoms with E-state index in [-0.39, 0.29) is 18.3 Å². The first-order chi connectivity index (χ1) is 11.1. The first kappa shape index (κ1) is 19.0. The molecule has 0 saturated carbocycles. The second kappa shape index (κ2) is 10.6. The van der Waals surface area contributed by atoms with Crippen molar-refractivity contribution in [2.24, 2.45) is 0 Å². The summed E-state index contributed by atoms with van der Waals surface area (Å²) in [6.07, 6.45) is 6.27. The molecule has 0 spiro atoms. The minimum absolute atomic E-state index is 0.113. The second-order valence-corrected chi connectivity index (χ2v) is 5.33. The lowest BCUT2D eigenvalue weighted by Crippen LogP contribution is -2.40. The zero-order valence-electron chi connectivity index (χ0n) is 14.3. The predicted octanol–water partition coefficient (Wildman–Crippen LogP) is 2.96. The van der Waals surface area contributed by atoms with Gasteiger partial charge in [-0.1, -0.05) is 33.1 Å². The molecule has 0 unspecified atom stereocenters. The van der Waals surface area contributed by atoms with Crippen LogP contribution in [-0.2, 0) is 11.3 Å². The highest BCUT2D eigenvalue weighted by Gasteiger charge is 2.18. The largest absolute Gasteiger partial charge is 0.464 e. The van der Waals surface area contributed by atoms with E-state index < -0.39 is 5.97 Å². The van der Waals surface area contributed by atoms with Crippen LogP contribution < -0.4 is 5.32 Å². The smallest absolute Gasteiger partial charge is 0.360 e. The molecule has 7 heteroatoms. The fourth-order valence-electron chi connectivity index (χ4n) is 2.03. The maximum absolute atomic E-state index is 12.3. The molecule has 1 heterocycles. The van der Waals surface area contributed by atoms with Crippen LogP contribution in [0.15, 0.2) is 10.7 Å². The summed E-state index contributed by atoms with van der Waals surface area (Å²) in [7, 11) is 1.29. The van der Waals surface area contributed by atoms with E-state index in [4.69, 9.17) is 4.42 Å². The Morgan fingerprint density at radius 1 is 1.26 bits per heavy atom. The van der Waals surface area contributed by atoms with Crippen LogP contribution in [0.25, 0.3) is 0 Å². The third kappa shape index (κ3) is 6.71. The molecule has 2 amide bonds. The Labute approximate surface area is 137 Å². The fourth-order valence-corrected chi connectivity index (χ4v) is 2.03. The number of ether oxygens (including phenoxy) is 1. The summed E-state index contributed by atoms with van der Waals surface area (Å²) < 4.78 is 9.86. The van der Waals surface area contributed by atoms with Crippen LogP contribution in [0.2, 0.25) is 0 Å². The first-order valence-corrected chi connectivity index (χ1v) is 8.17. The highest BCUT2D eigenvalue weighted by molar-refractivity contribution is 5.86. The molecule has 0 saturated heterocycles. The average Bonchev–Trinajstić information content (AvgIpc) is 3.02. The van der Waals surface area contributed by atoms with Crippen LogP contribution in [0.4, 0.5) is 4.79 Å². The number of unbranched alkanes of at least 4 members (excludes halogenated alkanes) is 3. The quantitative estimate of drug-likeness (QED) is 0.528. The highest BCUT2D eigenvalue weighted by Crippen LogP contribution is 2.09. The molecule has 0 bridgehead atoms. The molecule has 0 aromatic carbocycles. The Bertz CT molecular complexity index is 487. The van der Waals surface area contributed by atoms with Crippen LogP contribution in [0, 0.1) is 0 Å². The molecule has 0 aliphatic heterocycles. The Hall–Kier alpha value is -2.05. The van der Waals surface area contributed by atoms with Crippen molar-refractivity contribution in [2.75, 3.05) is 20.2 Å². The number of hydrogen-bond donors (Lipinski definition) is 1. The molecular formula is C16H27N3O4. The van der Waals surface area contributed by atoms with Crippen LogP contribution >= 0.6 is 0 Å². The molecule has 23 heavy (non-hydrogen) atoms. The molecule has 7 nitrogen and oxygen atoms in total. The second-order valence-electron chi connectivity index (χ2n) is 5.33. The van der Waals surface area contributed by atoms with Crippen LogP contribution in [0.1, 0.15) is 62.3 Å². The van der Waals surface area contributed by atoms with Crippen molar-refractivity contribution in [3.63, 3.8) is 0 Å². The van der Waals surface area contributed by atoms with E-state index in [9.17, 15) is 9.59 Å². The Morgan fingerprint density at radius 2 is 2.00 bits per heavy atom. The Balaban J connectivity index is 2.65. The van der Waals surface area contributed by atoms with Crippen molar-refractivity contribution in [3.8, 4) is 0 Å². The first-order valence-electron chi connectivity index (χ1n) is 8.17. The third-order valence-electron chi connectivity index (χ3n) is 3.40. The number of carbonyl (C=O) groups is 2. The zero-order valence-corrected chi connectivity index (χ0v) is 14.3. The number of aromatic nitrogens is 1. The Morgan fingerprint density at radius 3 is 2.65 bits per heavy atom. The van der Waals surface area contributed by atoms with Gasteiger partial charge in [0.2, 0.25) is 5.89 Å². The van der Waals surface area contributed by atoms with Crippen LogP contribution in [-0.4, -0.2) is 42.1 Å². The van der Waals surface area contributed by atoms with Gasteiger partial charge in [-0.15, -0.1) is 0 Å². The minimum Gasteiger partial charge on any atom is -0.464 e. The number of methoxy groups -OCH3 is 1. The fraction of sp³-hybridized carbons (Fsp3) is 0.688. The number of nitrogens with zero attached hydrogens (tertiary/aromatic N) is 2. The van der Waals surface area contributed by atoms with Gasteiger partial charge in [0.15, 0.2) is 5.69 Å². The molecule has 130 valence electrons. The van der Waals surface area contributed by atoms with Gasteiger partial charge in [0.05, 0.1) is 13.7 Å². The predicted molar refractivity (Wildman–Crippen MR) is 86.1 cm³/mol. The van der Waals surface area contributed by atoms with E-state index in [2.05, 4.69) is 28.9 Å². The Kier molecular flexibility index (Phi) is 8.79. The monoisotopic (exact) mass is 325 g/mol. The molecule has 0 fully saturated rings. The molecule has 1 aromatic rings. The van der Waals surface area contributed by atoms with Crippen molar-refractivity contribution < 1.29 is 18.7 Å². The lowest BCUT2D eigenvalue weighted by molar-refractivity contribution is 0.0594. The number of urea groups is 1. The van der Waals surface area contributed by atoms with Gasteiger partial charge in [-0.3, -0.25) is 0 Å². The summed E-state index contributed by atoms with van der Waals surface area (Å²) in [5.41, 5.74) is 0.113. The van der Waals surface area contributed by atoms with Gasteiger partial charge in [-0.2, -0.15) is 0 Å². The number of hydrogen-bond acceptors (Lipinski definition) is 5. The molecule has 1 rings (SSSR count). The van der Waals surface area contributed by atoms with E-state index >= 15 is 0 Å². The van der Waals surface area contributed by atoms with Crippen LogP contribution in [0.5, 0.6) is 0 Å². The lowest BCUT2D eigenvalue weighted by atomic mass is 10.2. The van der Waals surface area contributed by atoms with Gasteiger partial charge in [0.1, 0.15) is 6.26 Å². The van der Waals surface area contributed by atoms with E-state index in [1.807, 2.05) is 0 Å². The van der Waals surface area contributed by atoms with E-state index in [1.54, 1.807) is 4.90 Å². The summed E-state index contributed by atoms with van der Waals surface area (Å²) in [6, 6.07) is -0.132. The van der Waals surface area contributed by atoms with Crippen LogP contribution in [0.3, 0.4) is 0 Å². The van der Waals surface area contributed by atoms with Gasteiger partial charge in [0.25, 0.3) is 0 Å². The number of carbonyl (C=O) groups excluding carboxylic acids is 2. The van der Waals surface area contributed by atoms with Crippen molar-refractivity contribution in [1.29, 1.82) is 0 Å². The van der Waals surface area contributed by atoms with Gasteiger partial charge in [-0.25, -0.2) is 14.6 Å². The van der Waals surface area contributed by atoms with Crippen molar-refractivity contribution in [1.82, 2.24) is 15.2 Å². The van der Waals surface area contributed by atoms with Gasteiger partial charge < -0.3 is 19.4 Å². The number of amides is 2. The van der Waals surface area contributed by atoms with Crippen molar-refractivity contribution in [2.45, 2.75) is 52.5 Å².